The van der Waals surface area contributed by atoms with Gasteiger partial charge in [-0.1, -0.05) is 42.8 Å². The third kappa shape index (κ3) is 5.80. The predicted octanol–water partition coefficient (Wildman–Crippen LogP) is 4.22. The summed E-state index contributed by atoms with van der Waals surface area (Å²) in [6, 6.07) is 14.9. The molecule has 0 amide bonds. The van der Waals surface area contributed by atoms with Gasteiger partial charge in [-0.25, -0.2) is 4.98 Å². The molecule has 1 fully saturated rings. The van der Waals surface area contributed by atoms with Crippen LogP contribution in [0, 0.1) is 0 Å². The second kappa shape index (κ2) is 9.73. The molecule has 0 saturated carbocycles. The van der Waals surface area contributed by atoms with Crippen LogP contribution in [0.5, 0.6) is 0 Å². The van der Waals surface area contributed by atoms with E-state index in [-0.39, 0.29) is 0 Å². The Kier molecular flexibility index (Phi) is 6.83. The number of aliphatic hydroxyl groups is 1. The molecule has 4 rings (SSSR count). The first-order valence-electron chi connectivity index (χ1n) is 11.4. The minimum atomic E-state index is -0.524. The van der Waals surface area contributed by atoms with Gasteiger partial charge in [-0.3, -0.25) is 0 Å². The maximum absolute atomic E-state index is 10.9. The first-order chi connectivity index (χ1) is 14.2. The van der Waals surface area contributed by atoms with Crippen molar-refractivity contribution in [2.24, 2.45) is 0 Å². The minimum absolute atomic E-state index is 0.524. The molecule has 0 atom stereocenters. The summed E-state index contributed by atoms with van der Waals surface area (Å²) in [5.74, 6) is 1.12. The molecule has 4 heteroatoms. The number of aromatic nitrogens is 1. The van der Waals surface area contributed by atoms with E-state index in [9.17, 15) is 5.11 Å². The van der Waals surface area contributed by atoms with Gasteiger partial charge in [-0.05, 0) is 68.7 Å². The molecule has 0 aliphatic carbocycles. The number of piperidine rings is 1. The topological polar surface area (TPSA) is 48.4 Å². The summed E-state index contributed by atoms with van der Waals surface area (Å²) in [6.07, 6.45) is 9.69. The Labute approximate surface area is 175 Å². The van der Waals surface area contributed by atoms with E-state index in [0.29, 0.717) is 0 Å². The zero-order valence-corrected chi connectivity index (χ0v) is 17.6. The molecule has 4 nitrogen and oxygen atoms in total. The van der Waals surface area contributed by atoms with E-state index in [4.69, 9.17) is 4.98 Å². The van der Waals surface area contributed by atoms with Gasteiger partial charge in [0.1, 0.15) is 5.82 Å². The second-order valence-corrected chi connectivity index (χ2v) is 8.88. The number of hydrogen-bond donors (Lipinski definition) is 2. The standard InChI is InChI=1S/C25H35N3O/c29-25(20-21-8-3-1-4-9-21)14-18-28(19-15-25)17-6-2-5-11-23-13-12-22-10-7-16-26-24(22)27-23/h1,3-4,8-9,12-13,29H,2,5-7,10-11,14-20H2,(H,26,27). The Morgan fingerprint density at radius 3 is 2.66 bits per heavy atom. The van der Waals surface area contributed by atoms with E-state index in [2.05, 4.69) is 46.6 Å². The molecule has 1 saturated heterocycles. The van der Waals surface area contributed by atoms with Crippen LogP contribution >= 0.6 is 0 Å². The van der Waals surface area contributed by atoms with Gasteiger partial charge >= 0.3 is 0 Å². The van der Waals surface area contributed by atoms with Gasteiger partial charge in [0.2, 0.25) is 0 Å². The molecule has 2 N–H and O–H groups in total. The van der Waals surface area contributed by atoms with Gasteiger partial charge < -0.3 is 15.3 Å². The second-order valence-electron chi connectivity index (χ2n) is 8.88. The molecular formula is C25H35N3O. The van der Waals surface area contributed by atoms with Crippen LogP contribution in [0.3, 0.4) is 0 Å². The summed E-state index contributed by atoms with van der Waals surface area (Å²) in [7, 11) is 0. The van der Waals surface area contributed by atoms with Crippen LogP contribution in [0.25, 0.3) is 0 Å². The van der Waals surface area contributed by atoms with Crippen molar-refractivity contribution in [3.63, 3.8) is 0 Å². The lowest BCUT2D eigenvalue weighted by Crippen LogP contribution is -2.45. The van der Waals surface area contributed by atoms with Crippen LogP contribution in [-0.2, 0) is 19.3 Å². The van der Waals surface area contributed by atoms with Crippen molar-refractivity contribution >= 4 is 5.82 Å². The smallest absolute Gasteiger partial charge is 0.129 e. The predicted molar refractivity (Wildman–Crippen MR) is 119 cm³/mol. The minimum Gasteiger partial charge on any atom is -0.389 e. The molecule has 2 aromatic rings. The highest BCUT2D eigenvalue weighted by Crippen LogP contribution is 2.26. The highest BCUT2D eigenvalue weighted by atomic mass is 16.3. The van der Waals surface area contributed by atoms with Crippen LogP contribution in [0.2, 0.25) is 0 Å². The summed E-state index contributed by atoms with van der Waals surface area (Å²) in [5.41, 5.74) is 3.32. The maximum Gasteiger partial charge on any atom is 0.129 e. The number of nitrogens with zero attached hydrogens (tertiary/aromatic N) is 2. The largest absolute Gasteiger partial charge is 0.389 e. The lowest BCUT2D eigenvalue weighted by Gasteiger charge is -2.38. The fraction of sp³-hybridized carbons (Fsp3) is 0.560. The summed E-state index contributed by atoms with van der Waals surface area (Å²) in [5, 5.41) is 14.4. The van der Waals surface area contributed by atoms with Crippen molar-refractivity contribution in [3.8, 4) is 0 Å². The molecule has 0 spiro atoms. The third-order valence-corrected chi connectivity index (χ3v) is 6.52. The number of fused-ring (bicyclic) bond motifs is 1. The average Bonchev–Trinajstić information content (AvgIpc) is 2.75. The van der Waals surface area contributed by atoms with Crippen molar-refractivity contribution in [2.45, 2.75) is 63.4 Å². The third-order valence-electron chi connectivity index (χ3n) is 6.52. The number of unbranched alkanes of at least 4 members (excludes halogenated alkanes) is 2. The van der Waals surface area contributed by atoms with Crippen LogP contribution in [-0.4, -0.2) is 46.8 Å². The monoisotopic (exact) mass is 393 g/mol. The Hall–Kier alpha value is -1.91. The molecule has 29 heavy (non-hydrogen) atoms. The average molecular weight is 394 g/mol. The van der Waals surface area contributed by atoms with E-state index < -0.39 is 5.60 Å². The molecule has 1 aromatic carbocycles. The molecule has 2 aliphatic rings. The molecule has 0 radical (unpaired) electrons. The molecule has 0 unspecified atom stereocenters. The van der Waals surface area contributed by atoms with Crippen LogP contribution < -0.4 is 5.32 Å². The quantitative estimate of drug-likeness (QED) is 0.659. The van der Waals surface area contributed by atoms with E-state index in [1.165, 1.54) is 42.5 Å². The lowest BCUT2D eigenvalue weighted by atomic mass is 9.85. The maximum atomic E-state index is 10.9. The van der Waals surface area contributed by atoms with Gasteiger partial charge in [-0.15, -0.1) is 0 Å². The highest BCUT2D eigenvalue weighted by molar-refractivity contribution is 5.47. The molecule has 2 aliphatic heterocycles. The van der Waals surface area contributed by atoms with Crippen molar-refractivity contribution in [1.29, 1.82) is 0 Å². The lowest BCUT2D eigenvalue weighted by molar-refractivity contribution is -0.0208. The number of aryl methyl sites for hydroxylation is 2. The first kappa shape index (κ1) is 20.4. The van der Waals surface area contributed by atoms with Gasteiger partial charge in [0.15, 0.2) is 0 Å². The Bertz CT molecular complexity index is 769. The Morgan fingerprint density at radius 1 is 1.00 bits per heavy atom. The number of pyridine rings is 1. The van der Waals surface area contributed by atoms with E-state index in [1.807, 2.05) is 6.07 Å². The number of likely N-dealkylation sites (tertiary alicyclic amines) is 1. The first-order valence-corrected chi connectivity index (χ1v) is 11.4. The van der Waals surface area contributed by atoms with Crippen molar-refractivity contribution in [1.82, 2.24) is 9.88 Å². The highest BCUT2D eigenvalue weighted by Gasteiger charge is 2.32. The molecule has 156 valence electrons. The van der Waals surface area contributed by atoms with Crippen molar-refractivity contribution in [3.05, 3.63) is 59.3 Å². The van der Waals surface area contributed by atoms with Crippen molar-refractivity contribution < 1.29 is 5.11 Å². The Balaban J connectivity index is 1.12. The van der Waals surface area contributed by atoms with Gasteiger partial charge in [0.25, 0.3) is 0 Å². The van der Waals surface area contributed by atoms with Crippen LogP contribution in [0.15, 0.2) is 42.5 Å². The van der Waals surface area contributed by atoms with Gasteiger partial charge in [0, 0.05) is 31.7 Å². The molecule has 0 bridgehead atoms. The zero-order valence-electron chi connectivity index (χ0n) is 17.6. The van der Waals surface area contributed by atoms with Gasteiger partial charge in [0.05, 0.1) is 5.60 Å². The zero-order chi connectivity index (χ0) is 19.9. The van der Waals surface area contributed by atoms with Crippen molar-refractivity contribution in [2.75, 3.05) is 31.5 Å². The number of benzene rings is 1. The van der Waals surface area contributed by atoms with E-state index >= 15 is 0 Å². The summed E-state index contributed by atoms with van der Waals surface area (Å²) in [4.78, 5) is 7.33. The number of rotatable bonds is 8. The SMILES string of the molecule is OC1(Cc2ccccc2)CCN(CCCCCc2ccc3c(n2)NCCC3)CC1. The van der Waals surface area contributed by atoms with Gasteiger partial charge in [-0.2, -0.15) is 0 Å². The Morgan fingerprint density at radius 2 is 1.83 bits per heavy atom. The van der Waals surface area contributed by atoms with Crippen LogP contribution in [0.4, 0.5) is 5.82 Å². The fourth-order valence-corrected chi connectivity index (χ4v) is 4.67. The van der Waals surface area contributed by atoms with Crippen LogP contribution in [0.1, 0.15) is 55.3 Å². The normalized spacial score (nSPS) is 18.8. The molecule has 3 heterocycles. The number of hydrogen-bond acceptors (Lipinski definition) is 4. The summed E-state index contributed by atoms with van der Waals surface area (Å²) >= 11 is 0. The summed E-state index contributed by atoms with van der Waals surface area (Å²) < 4.78 is 0. The fourth-order valence-electron chi connectivity index (χ4n) is 4.67. The summed E-state index contributed by atoms with van der Waals surface area (Å²) in [6.45, 7) is 4.24. The van der Waals surface area contributed by atoms with E-state index in [0.717, 1.165) is 64.1 Å². The number of nitrogens with one attached hydrogen (secondary N) is 1. The molecular weight excluding hydrogens is 358 g/mol. The molecule has 1 aromatic heterocycles. The number of anilines is 1. The van der Waals surface area contributed by atoms with E-state index in [1.54, 1.807) is 0 Å².